The summed E-state index contributed by atoms with van der Waals surface area (Å²) in [6, 6.07) is 8.29. The number of aromatic nitrogens is 2. The molecule has 0 spiro atoms. The zero-order chi connectivity index (χ0) is 23.0. The summed E-state index contributed by atoms with van der Waals surface area (Å²) in [6.07, 6.45) is -3.57. The summed E-state index contributed by atoms with van der Waals surface area (Å²) in [6.45, 7) is 3.20. The van der Waals surface area contributed by atoms with Gasteiger partial charge in [-0.15, -0.1) is 6.58 Å². The summed E-state index contributed by atoms with van der Waals surface area (Å²) < 4.78 is 84.8. The molecular formula is C20H17F4N3O3S. The second-order valence-electron chi connectivity index (χ2n) is 6.46. The molecule has 2 aromatic carbocycles. The third-order valence-corrected chi connectivity index (χ3v) is 5.35. The second-order valence-corrected chi connectivity index (χ2v) is 8.02. The molecule has 0 bridgehead atoms. The van der Waals surface area contributed by atoms with E-state index in [0.717, 1.165) is 18.2 Å². The number of nitrogens with two attached hydrogens (primary N) is 1. The van der Waals surface area contributed by atoms with Gasteiger partial charge >= 0.3 is 6.18 Å². The third kappa shape index (κ3) is 4.47. The fraction of sp³-hybridized carbons (Fsp3) is 0.150. The Morgan fingerprint density at radius 2 is 1.77 bits per heavy atom. The molecule has 164 valence electrons. The summed E-state index contributed by atoms with van der Waals surface area (Å²) >= 11 is 0. The molecule has 31 heavy (non-hydrogen) atoms. The SMILES string of the molecule is C=CCn1nc(-c2ccc(S(N)(=O)=O)cc2)c(-c2ccc(OC)c(F)c2)c1C(F)(F)F. The Morgan fingerprint density at radius 3 is 2.26 bits per heavy atom. The molecule has 0 saturated carbocycles. The van der Waals surface area contributed by atoms with Crippen LogP contribution in [-0.4, -0.2) is 25.3 Å². The Bertz CT molecular complexity index is 1230. The van der Waals surface area contributed by atoms with E-state index in [1.165, 1.54) is 37.5 Å². The number of hydrogen-bond donors (Lipinski definition) is 1. The molecule has 1 heterocycles. The summed E-state index contributed by atoms with van der Waals surface area (Å²) in [5.74, 6) is -0.977. The van der Waals surface area contributed by atoms with Gasteiger partial charge < -0.3 is 4.74 Å². The molecule has 0 amide bonds. The van der Waals surface area contributed by atoms with E-state index in [1.807, 2.05) is 0 Å². The molecule has 1 aromatic heterocycles. The molecule has 6 nitrogen and oxygen atoms in total. The quantitative estimate of drug-likeness (QED) is 0.446. The van der Waals surface area contributed by atoms with Gasteiger partial charge in [-0.2, -0.15) is 18.3 Å². The molecule has 0 atom stereocenters. The van der Waals surface area contributed by atoms with Crippen LogP contribution in [0.25, 0.3) is 22.4 Å². The van der Waals surface area contributed by atoms with Crippen LogP contribution in [0, 0.1) is 5.82 Å². The molecule has 2 N–H and O–H groups in total. The number of sulfonamides is 1. The lowest BCUT2D eigenvalue weighted by atomic mass is 9.98. The number of allylic oxidation sites excluding steroid dienone is 1. The van der Waals surface area contributed by atoms with Crippen LogP contribution >= 0.6 is 0 Å². The first-order chi connectivity index (χ1) is 14.5. The first-order valence-electron chi connectivity index (χ1n) is 8.73. The monoisotopic (exact) mass is 455 g/mol. The maximum Gasteiger partial charge on any atom is 0.433 e. The Hall–Kier alpha value is -3.18. The van der Waals surface area contributed by atoms with Crippen LogP contribution in [0.15, 0.2) is 60.0 Å². The van der Waals surface area contributed by atoms with Crippen molar-refractivity contribution < 1.29 is 30.7 Å². The Balaban J connectivity index is 2.33. The molecule has 3 aromatic rings. The highest BCUT2D eigenvalue weighted by Gasteiger charge is 2.40. The van der Waals surface area contributed by atoms with E-state index in [2.05, 4.69) is 11.7 Å². The van der Waals surface area contributed by atoms with Crippen LogP contribution in [0.2, 0.25) is 0 Å². The number of rotatable bonds is 6. The number of alkyl halides is 3. The molecule has 0 aliphatic rings. The molecule has 0 aliphatic carbocycles. The van der Waals surface area contributed by atoms with E-state index < -0.39 is 27.7 Å². The van der Waals surface area contributed by atoms with E-state index in [4.69, 9.17) is 9.88 Å². The zero-order valence-electron chi connectivity index (χ0n) is 16.1. The van der Waals surface area contributed by atoms with Crippen molar-refractivity contribution in [3.8, 4) is 28.1 Å². The van der Waals surface area contributed by atoms with Crippen molar-refractivity contribution in [3.63, 3.8) is 0 Å². The lowest BCUT2D eigenvalue weighted by molar-refractivity contribution is -0.143. The van der Waals surface area contributed by atoms with Crippen molar-refractivity contribution in [2.75, 3.05) is 7.11 Å². The number of nitrogens with zero attached hydrogens (tertiary/aromatic N) is 2. The smallest absolute Gasteiger partial charge is 0.433 e. The van der Waals surface area contributed by atoms with Crippen molar-refractivity contribution in [3.05, 3.63) is 66.6 Å². The molecule has 0 unspecified atom stereocenters. The Morgan fingerprint density at radius 1 is 1.16 bits per heavy atom. The van der Waals surface area contributed by atoms with E-state index in [1.54, 1.807) is 0 Å². The van der Waals surface area contributed by atoms with Crippen LogP contribution in [0.3, 0.4) is 0 Å². The number of ether oxygens (including phenoxy) is 1. The van der Waals surface area contributed by atoms with Crippen LogP contribution in [-0.2, 0) is 22.7 Å². The van der Waals surface area contributed by atoms with Crippen molar-refractivity contribution >= 4 is 10.0 Å². The predicted molar refractivity (Wildman–Crippen MR) is 106 cm³/mol. The first-order valence-corrected chi connectivity index (χ1v) is 10.3. The van der Waals surface area contributed by atoms with Gasteiger partial charge in [0.2, 0.25) is 10.0 Å². The molecule has 3 rings (SSSR count). The molecule has 0 saturated heterocycles. The average Bonchev–Trinajstić information content (AvgIpc) is 3.07. The standard InChI is InChI=1S/C20H17F4N3O3S/c1-3-10-27-19(20(22,23)24)17(13-6-9-16(30-2)15(21)11-13)18(26-27)12-4-7-14(8-5-12)31(25,28)29/h3-9,11H,1,10H2,2H3,(H2,25,28,29). The zero-order valence-corrected chi connectivity index (χ0v) is 17.0. The van der Waals surface area contributed by atoms with Gasteiger partial charge in [-0.3, -0.25) is 4.68 Å². The van der Waals surface area contributed by atoms with Gasteiger partial charge in [-0.05, 0) is 29.8 Å². The van der Waals surface area contributed by atoms with Gasteiger partial charge in [-0.1, -0.05) is 24.3 Å². The summed E-state index contributed by atoms with van der Waals surface area (Å²) in [4.78, 5) is -0.213. The minimum absolute atomic E-state index is 0.0774. The predicted octanol–water partition coefficient (Wildman–Crippen LogP) is 4.22. The second kappa shape index (κ2) is 8.16. The first kappa shape index (κ1) is 22.5. The Kier molecular flexibility index (Phi) is 5.92. The van der Waals surface area contributed by atoms with Gasteiger partial charge in [-0.25, -0.2) is 17.9 Å². The van der Waals surface area contributed by atoms with Crippen LogP contribution < -0.4 is 9.88 Å². The topological polar surface area (TPSA) is 87.2 Å². The number of methoxy groups -OCH3 is 1. The van der Waals surface area contributed by atoms with E-state index >= 15 is 0 Å². The average molecular weight is 455 g/mol. The van der Waals surface area contributed by atoms with Gasteiger partial charge in [0, 0.05) is 11.1 Å². The number of halogens is 4. The maximum atomic E-state index is 14.3. The molecular weight excluding hydrogens is 438 g/mol. The molecule has 0 radical (unpaired) electrons. The minimum atomic E-state index is -4.82. The summed E-state index contributed by atoms with van der Waals surface area (Å²) in [7, 11) is -2.76. The largest absolute Gasteiger partial charge is 0.494 e. The maximum absolute atomic E-state index is 14.3. The third-order valence-electron chi connectivity index (χ3n) is 4.42. The summed E-state index contributed by atoms with van der Waals surface area (Å²) in [5.41, 5.74) is -1.46. The van der Waals surface area contributed by atoms with E-state index in [0.29, 0.717) is 4.68 Å². The Labute approximate surface area is 175 Å². The van der Waals surface area contributed by atoms with Crippen LogP contribution in [0.1, 0.15) is 5.69 Å². The van der Waals surface area contributed by atoms with Gasteiger partial charge in [0.1, 0.15) is 5.69 Å². The fourth-order valence-corrected chi connectivity index (χ4v) is 3.62. The van der Waals surface area contributed by atoms with Crippen molar-refractivity contribution in [2.24, 2.45) is 5.14 Å². The van der Waals surface area contributed by atoms with Crippen molar-refractivity contribution in [1.29, 1.82) is 0 Å². The fourth-order valence-electron chi connectivity index (χ4n) is 3.10. The van der Waals surface area contributed by atoms with Crippen molar-refractivity contribution in [1.82, 2.24) is 9.78 Å². The number of benzene rings is 2. The number of primary sulfonamides is 1. The highest BCUT2D eigenvalue weighted by molar-refractivity contribution is 7.89. The highest BCUT2D eigenvalue weighted by Crippen LogP contribution is 2.43. The molecule has 11 heteroatoms. The van der Waals surface area contributed by atoms with Crippen LogP contribution in [0.5, 0.6) is 5.75 Å². The van der Waals surface area contributed by atoms with E-state index in [9.17, 15) is 26.0 Å². The van der Waals surface area contributed by atoms with Gasteiger partial charge in [0.25, 0.3) is 0 Å². The van der Waals surface area contributed by atoms with Gasteiger partial charge in [0.15, 0.2) is 17.3 Å². The molecule has 0 aliphatic heterocycles. The highest BCUT2D eigenvalue weighted by atomic mass is 32.2. The number of hydrogen-bond acceptors (Lipinski definition) is 4. The van der Waals surface area contributed by atoms with Crippen LogP contribution in [0.4, 0.5) is 17.6 Å². The minimum Gasteiger partial charge on any atom is -0.494 e. The lowest BCUT2D eigenvalue weighted by Gasteiger charge is -2.13. The summed E-state index contributed by atoms with van der Waals surface area (Å²) in [5, 5.41) is 9.14. The lowest BCUT2D eigenvalue weighted by Crippen LogP contribution is -2.15. The normalized spacial score (nSPS) is 12.1. The van der Waals surface area contributed by atoms with E-state index in [-0.39, 0.29) is 39.6 Å². The van der Waals surface area contributed by atoms with Gasteiger partial charge in [0.05, 0.1) is 18.6 Å². The molecule has 0 fully saturated rings. The van der Waals surface area contributed by atoms with Crippen molar-refractivity contribution in [2.45, 2.75) is 17.6 Å².